The summed E-state index contributed by atoms with van der Waals surface area (Å²) in [5.74, 6) is 1.97. The van der Waals surface area contributed by atoms with Crippen molar-refractivity contribution in [1.29, 1.82) is 0 Å². The number of carbonyl (C=O) groups is 1. The number of hydrogen-bond acceptors (Lipinski definition) is 5. The Kier molecular flexibility index (Phi) is 9.99. The molecule has 200 valence electrons. The van der Waals surface area contributed by atoms with Crippen molar-refractivity contribution in [3.8, 4) is 0 Å². The van der Waals surface area contributed by atoms with Crippen molar-refractivity contribution in [2.45, 2.75) is 63.5 Å². The molecule has 0 heterocycles. The Hall–Kier alpha value is -3.74. The van der Waals surface area contributed by atoms with Crippen LogP contribution in [0.25, 0.3) is 5.57 Å². The summed E-state index contributed by atoms with van der Waals surface area (Å²) in [6, 6.07) is 26.5. The second-order valence-corrected chi connectivity index (χ2v) is 10.5. The number of benzene rings is 3. The fourth-order valence-corrected chi connectivity index (χ4v) is 4.47. The summed E-state index contributed by atoms with van der Waals surface area (Å²) in [6.07, 6.45) is -0.444. The highest BCUT2D eigenvalue weighted by atomic mass is 16.3. The van der Waals surface area contributed by atoms with Crippen LogP contribution in [0.4, 0.5) is 4.79 Å². The first kappa shape index (κ1) is 28.8. The monoisotopic (exact) mass is 514 g/mol. The fraction of sp³-hybridized carbons (Fsp3) is 0.323. The van der Waals surface area contributed by atoms with Crippen LogP contribution in [0.15, 0.2) is 91.0 Å². The van der Waals surface area contributed by atoms with Crippen LogP contribution in [0, 0.1) is 0 Å². The molecule has 0 fully saturated rings. The van der Waals surface area contributed by atoms with Crippen LogP contribution in [0.1, 0.15) is 43.9 Å². The van der Waals surface area contributed by atoms with Gasteiger partial charge in [-0.2, -0.15) is 0 Å². The van der Waals surface area contributed by atoms with E-state index in [1.165, 1.54) is 0 Å². The van der Waals surface area contributed by atoms with Gasteiger partial charge >= 0.3 is 6.03 Å². The van der Waals surface area contributed by atoms with Crippen molar-refractivity contribution in [3.63, 3.8) is 0 Å². The predicted molar refractivity (Wildman–Crippen MR) is 152 cm³/mol. The highest BCUT2D eigenvalue weighted by molar-refractivity contribution is 5.92. The van der Waals surface area contributed by atoms with E-state index in [9.17, 15) is 14.7 Å². The second kappa shape index (κ2) is 13.2. The summed E-state index contributed by atoms with van der Waals surface area (Å²) in [5.41, 5.74) is 7.71. The summed E-state index contributed by atoms with van der Waals surface area (Å²) in [7, 11) is 0. The topological polar surface area (TPSA) is 116 Å². The van der Waals surface area contributed by atoms with Crippen molar-refractivity contribution in [2.24, 2.45) is 5.73 Å². The van der Waals surface area contributed by atoms with Crippen LogP contribution in [0.5, 0.6) is 0 Å². The molecule has 0 saturated carbocycles. The lowest BCUT2D eigenvalue weighted by atomic mass is 9.84. The van der Waals surface area contributed by atoms with E-state index in [0.29, 0.717) is 18.4 Å². The highest BCUT2D eigenvalue weighted by Gasteiger charge is 2.43. The van der Waals surface area contributed by atoms with Gasteiger partial charge in [-0.25, -0.2) is 9.59 Å². The number of aliphatic hydroxyl groups excluding tert-OH is 1. The van der Waals surface area contributed by atoms with Gasteiger partial charge in [-0.05, 0) is 50.3 Å². The molecule has 0 aliphatic heterocycles. The molecular formula is C31H38N4O3. The van der Waals surface area contributed by atoms with Crippen LogP contribution >= 0.6 is 0 Å². The first-order valence-corrected chi connectivity index (χ1v) is 12.8. The van der Waals surface area contributed by atoms with Crippen LogP contribution in [-0.2, 0) is 17.8 Å². The van der Waals surface area contributed by atoms with Gasteiger partial charge in [0.15, 0.2) is 0 Å². The Bertz CT molecular complexity index is 1210. The van der Waals surface area contributed by atoms with E-state index in [1.807, 2.05) is 93.4 Å². The minimum atomic E-state index is -1.37. The largest absolute Gasteiger partial charge is 0.387 e. The lowest BCUT2D eigenvalue weighted by Gasteiger charge is -2.44. The molecule has 3 aromatic rings. The quantitative estimate of drug-likeness (QED) is 0.197. The standard InChI is InChI=1S/C31H38N4O3/c1-30(2,3)35-31(32,20-19-23-13-7-4-8-14-23)28(37)27(26(22-36)25-17-11-6-12-18-25)34-29(38)33-21-24-15-9-5-10-16-24/h4-18,27-28,35,37H,19-21,32H2,1-3H3,(H2,33,34,38). The number of rotatable bonds is 11. The number of urea groups is 1. The molecule has 2 amide bonds. The Morgan fingerprint density at radius 2 is 1.42 bits per heavy atom. The van der Waals surface area contributed by atoms with Crippen LogP contribution in [0.3, 0.4) is 0 Å². The Morgan fingerprint density at radius 1 is 0.895 bits per heavy atom. The summed E-state index contributed by atoms with van der Waals surface area (Å²) in [4.78, 5) is 25.3. The molecule has 0 aliphatic rings. The molecule has 0 aromatic heterocycles. The molecule has 0 bridgehead atoms. The first-order chi connectivity index (χ1) is 18.1. The summed E-state index contributed by atoms with van der Waals surface area (Å²) >= 11 is 0. The maximum absolute atomic E-state index is 13.0. The number of amides is 2. The number of carbonyl (C=O) groups excluding carboxylic acids is 2. The smallest absolute Gasteiger partial charge is 0.315 e. The van der Waals surface area contributed by atoms with Crippen molar-refractivity contribution < 1.29 is 14.7 Å². The average molecular weight is 515 g/mol. The minimum absolute atomic E-state index is 0.109. The maximum Gasteiger partial charge on any atom is 0.315 e. The van der Waals surface area contributed by atoms with Gasteiger partial charge in [0.05, 0.1) is 17.3 Å². The van der Waals surface area contributed by atoms with Gasteiger partial charge in [0, 0.05) is 12.1 Å². The molecular weight excluding hydrogens is 476 g/mol. The summed E-state index contributed by atoms with van der Waals surface area (Å²) < 4.78 is 0. The number of aryl methyl sites for hydroxylation is 1. The van der Waals surface area contributed by atoms with E-state index in [1.54, 1.807) is 24.3 Å². The minimum Gasteiger partial charge on any atom is -0.387 e. The van der Waals surface area contributed by atoms with Crippen molar-refractivity contribution in [2.75, 3.05) is 0 Å². The molecule has 0 aliphatic carbocycles. The van der Waals surface area contributed by atoms with Gasteiger partial charge in [-0.3, -0.25) is 5.32 Å². The predicted octanol–water partition coefficient (Wildman–Crippen LogP) is 3.81. The average Bonchev–Trinajstić information content (AvgIpc) is 2.91. The van der Waals surface area contributed by atoms with Crippen LogP contribution in [-0.4, -0.2) is 40.4 Å². The molecule has 3 atom stereocenters. The van der Waals surface area contributed by atoms with Gasteiger partial charge in [0.1, 0.15) is 12.0 Å². The molecule has 7 nitrogen and oxygen atoms in total. The van der Waals surface area contributed by atoms with E-state index in [0.717, 1.165) is 11.1 Å². The van der Waals surface area contributed by atoms with Crippen LogP contribution < -0.4 is 21.7 Å². The third-order valence-electron chi connectivity index (χ3n) is 6.21. The normalized spacial score (nSPS) is 14.4. The number of nitrogens with two attached hydrogens (primary N) is 1. The second-order valence-electron chi connectivity index (χ2n) is 10.5. The van der Waals surface area contributed by atoms with Gasteiger partial charge in [0.25, 0.3) is 0 Å². The van der Waals surface area contributed by atoms with E-state index < -0.39 is 29.4 Å². The molecule has 38 heavy (non-hydrogen) atoms. The summed E-state index contributed by atoms with van der Waals surface area (Å²) in [6.45, 7) is 6.13. The lowest BCUT2D eigenvalue weighted by molar-refractivity contribution is 0.0270. The molecule has 3 unspecified atom stereocenters. The Labute approximate surface area is 225 Å². The van der Waals surface area contributed by atoms with Gasteiger partial charge in [0.2, 0.25) is 0 Å². The van der Waals surface area contributed by atoms with Gasteiger partial charge in [-0.15, -0.1) is 0 Å². The molecule has 0 radical (unpaired) electrons. The maximum atomic E-state index is 13.0. The SMILES string of the molecule is CC(C)(C)NC(N)(CCc1ccccc1)C(O)C(NC(=O)NCc1ccccc1)C(=C=O)c1ccccc1. The zero-order valence-corrected chi connectivity index (χ0v) is 22.3. The third kappa shape index (κ3) is 8.40. The van der Waals surface area contributed by atoms with Gasteiger partial charge in [-0.1, -0.05) is 91.0 Å². The van der Waals surface area contributed by atoms with Crippen molar-refractivity contribution in [3.05, 3.63) is 108 Å². The molecule has 0 spiro atoms. The van der Waals surface area contributed by atoms with E-state index >= 15 is 0 Å². The number of nitrogens with one attached hydrogen (secondary N) is 3. The molecule has 7 heteroatoms. The van der Waals surface area contributed by atoms with E-state index in [4.69, 9.17) is 5.73 Å². The molecule has 3 aromatic carbocycles. The highest BCUT2D eigenvalue weighted by Crippen LogP contribution is 2.26. The zero-order valence-electron chi connectivity index (χ0n) is 22.3. The van der Waals surface area contributed by atoms with Crippen LogP contribution in [0.2, 0.25) is 0 Å². The molecule has 0 saturated heterocycles. The van der Waals surface area contributed by atoms with E-state index in [-0.39, 0.29) is 12.1 Å². The Balaban J connectivity index is 1.92. The Morgan fingerprint density at radius 3 is 1.95 bits per heavy atom. The first-order valence-electron chi connectivity index (χ1n) is 12.8. The molecule has 3 rings (SSSR count). The summed E-state index contributed by atoms with van der Waals surface area (Å²) in [5, 5.41) is 20.8. The van der Waals surface area contributed by atoms with Crippen molar-refractivity contribution >= 4 is 17.5 Å². The van der Waals surface area contributed by atoms with E-state index in [2.05, 4.69) is 16.0 Å². The lowest BCUT2D eigenvalue weighted by Crippen LogP contribution is -2.71. The number of aliphatic hydroxyl groups is 1. The van der Waals surface area contributed by atoms with Crippen molar-refractivity contribution in [1.82, 2.24) is 16.0 Å². The molecule has 6 N–H and O–H groups in total. The van der Waals surface area contributed by atoms with Gasteiger partial charge < -0.3 is 21.5 Å². The fourth-order valence-electron chi connectivity index (χ4n) is 4.47. The zero-order chi connectivity index (χ0) is 27.6. The third-order valence-corrected chi connectivity index (χ3v) is 6.21. The number of hydrogen-bond donors (Lipinski definition) is 5.